The average molecular weight is 466 g/mol. The van der Waals surface area contributed by atoms with Crippen LogP contribution in [0.4, 0.5) is 0 Å². The third kappa shape index (κ3) is 3.17. The largest absolute Gasteiger partial charge is 0.381 e. The molecule has 0 saturated heterocycles. The van der Waals surface area contributed by atoms with Crippen molar-refractivity contribution in [2.45, 2.75) is 57.1 Å². The lowest BCUT2D eigenvalue weighted by atomic mass is 9.46. The first-order chi connectivity index (χ1) is 15.6. The quantitative estimate of drug-likeness (QED) is 0.671. The Morgan fingerprint density at radius 1 is 1.27 bits per heavy atom. The molecule has 4 aliphatic carbocycles. The Labute approximate surface area is 199 Å². The Kier molecular flexibility index (Phi) is 5.33. The van der Waals surface area contributed by atoms with Crippen LogP contribution < -0.4 is 0 Å². The van der Waals surface area contributed by atoms with E-state index in [2.05, 4.69) is 11.9 Å². The number of hydrogen-bond donors (Lipinski definition) is 1. The van der Waals surface area contributed by atoms with Crippen molar-refractivity contribution >= 4 is 29.1 Å². The number of thioether (sulfide) groups is 1. The van der Waals surface area contributed by atoms with Gasteiger partial charge in [0.15, 0.2) is 11.6 Å². The van der Waals surface area contributed by atoms with Crippen LogP contribution in [0.15, 0.2) is 53.2 Å². The molecule has 0 spiro atoms. The molecule has 7 atom stereocenters. The van der Waals surface area contributed by atoms with E-state index in [-0.39, 0.29) is 53.2 Å². The fraction of sp³-hybridized carbons (Fsp3) is 0.556. The first-order valence-corrected chi connectivity index (χ1v) is 12.9. The lowest BCUT2D eigenvalue weighted by Gasteiger charge is -2.56. The maximum Gasteiger partial charge on any atom is 0.178 e. The standard InChI is InChI=1S/C27H31NO4S/c1-16-12-20-19-8-7-17-13-18(29)9-10-25(17,2)24(19)21(30)14-26(20,3)27(16,32)22(31)15-33-23-6-4-5-11-28-23/h4-6,9-11,13,16,19-20,24,32H,7-8,12,14-15H2,1-3H3/t16-,19?,20?,24?,25?,26?,27+/m1/s1. The van der Waals surface area contributed by atoms with E-state index in [1.807, 2.05) is 38.1 Å². The van der Waals surface area contributed by atoms with Gasteiger partial charge in [-0.15, -0.1) is 0 Å². The highest BCUT2D eigenvalue weighted by Gasteiger charge is 2.70. The molecule has 3 fully saturated rings. The third-order valence-electron chi connectivity index (χ3n) is 9.25. The molecule has 1 heterocycles. The van der Waals surface area contributed by atoms with E-state index in [0.29, 0.717) is 0 Å². The molecule has 5 nitrogen and oxygen atoms in total. The van der Waals surface area contributed by atoms with Gasteiger partial charge < -0.3 is 5.11 Å². The van der Waals surface area contributed by atoms with Gasteiger partial charge in [-0.3, -0.25) is 14.4 Å². The Balaban J connectivity index is 1.45. The van der Waals surface area contributed by atoms with Crippen LogP contribution in [0.25, 0.3) is 0 Å². The molecule has 0 aromatic carbocycles. The summed E-state index contributed by atoms with van der Waals surface area (Å²) in [6, 6.07) is 5.57. The molecule has 1 aromatic heterocycles. The highest BCUT2D eigenvalue weighted by molar-refractivity contribution is 7.99. The van der Waals surface area contributed by atoms with Crippen LogP contribution >= 0.6 is 11.8 Å². The molecule has 33 heavy (non-hydrogen) atoms. The molecule has 6 heteroatoms. The Morgan fingerprint density at radius 3 is 2.79 bits per heavy atom. The van der Waals surface area contributed by atoms with Gasteiger partial charge in [-0.25, -0.2) is 4.98 Å². The first kappa shape index (κ1) is 22.7. The number of rotatable bonds is 4. The van der Waals surface area contributed by atoms with Crippen molar-refractivity contribution in [3.63, 3.8) is 0 Å². The van der Waals surface area contributed by atoms with Crippen molar-refractivity contribution in [3.8, 4) is 0 Å². The maximum absolute atomic E-state index is 13.7. The van der Waals surface area contributed by atoms with Crippen LogP contribution in [-0.4, -0.2) is 38.8 Å². The van der Waals surface area contributed by atoms with Crippen LogP contribution in [0, 0.1) is 34.5 Å². The van der Waals surface area contributed by atoms with Gasteiger partial charge in [-0.2, -0.15) is 0 Å². The second-order valence-corrected chi connectivity index (χ2v) is 11.8. The molecule has 174 valence electrons. The summed E-state index contributed by atoms with van der Waals surface area (Å²) < 4.78 is 0. The minimum atomic E-state index is -1.53. The highest BCUT2D eigenvalue weighted by atomic mass is 32.2. The van der Waals surface area contributed by atoms with Gasteiger partial charge in [0.2, 0.25) is 0 Å². The van der Waals surface area contributed by atoms with Crippen LogP contribution in [0.1, 0.15) is 46.5 Å². The number of Topliss-reactive ketones (excluding diaryl/α,β-unsaturated/α-hetero) is 2. The summed E-state index contributed by atoms with van der Waals surface area (Å²) in [6.07, 6.45) is 9.46. The van der Waals surface area contributed by atoms with Crippen LogP contribution in [0.5, 0.6) is 0 Å². The van der Waals surface area contributed by atoms with E-state index >= 15 is 0 Å². The van der Waals surface area contributed by atoms with Gasteiger partial charge in [0.25, 0.3) is 0 Å². The molecule has 0 amide bonds. The van der Waals surface area contributed by atoms with Gasteiger partial charge in [-0.05, 0) is 61.3 Å². The second kappa shape index (κ2) is 7.74. The van der Waals surface area contributed by atoms with E-state index in [9.17, 15) is 19.5 Å². The fourth-order valence-electron chi connectivity index (χ4n) is 7.64. The summed E-state index contributed by atoms with van der Waals surface area (Å²) in [7, 11) is 0. The van der Waals surface area contributed by atoms with Crippen LogP contribution in [0.3, 0.4) is 0 Å². The third-order valence-corrected chi connectivity index (χ3v) is 10.2. The number of carbonyl (C=O) groups excluding carboxylic acids is 3. The van der Waals surface area contributed by atoms with Gasteiger partial charge in [0.05, 0.1) is 10.8 Å². The summed E-state index contributed by atoms with van der Waals surface area (Å²) >= 11 is 1.34. The summed E-state index contributed by atoms with van der Waals surface area (Å²) in [6.45, 7) is 6.01. The summed E-state index contributed by atoms with van der Waals surface area (Å²) in [5, 5.41) is 12.7. The predicted molar refractivity (Wildman–Crippen MR) is 126 cm³/mol. The molecule has 5 unspecified atom stereocenters. The number of aliphatic hydroxyl groups is 1. The van der Waals surface area contributed by atoms with E-state index < -0.39 is 16.4 Å². The van der Waals surface area contributed by atoms with Crippen molar-refractivity contribution in [1.29, 1.82) is 0 Å². The topological polar surface area (TPSA) is 84.3 Å². The Hall–Kier alpha value is -2.05. The summed E-state index contributed by atoms with van der Waals surface area (Å²) in [5.41, 5.74) is -1.71. The molecule has 1 aromatic rings. The maximum atomic E-state index is 13.7. The monoisotopic (exact) mass is 465 g/mol. The number of pyridine rings is 1. The molecule has 0 radical (unpaired) electrons. The summed E-state index contributed by atoms with van der Waals surface area (Å²) in [4.78, 5) is 43.5. The lowest BCUT2D eigenvalue weighted by Crippen LogP contribution is -2.61. The highest BCUT2D eigenvalue weighted by Crippen LogP contribution is 2.67. The fourth-order valence-corrected chi connectivity index (χ4v) is 8.45. The number of carbonyl (C=O) groups is 3. The average Bonchev–Trinajstić information content (AvgIpc) is 2.99. The minimum Gasteiger partial charge on any atom is -0.381 e. The molecule has 1 N–H and O–H groups in total. The lowest BCUT2D eigenvalue weighted by molar-refractivity contribution is -0.169. The van der Waals surface area contributed by atoms with E-state index in [1.54, 1.807) is 18.3 Å². The van der Waals surface area contributed by atoms with Crippen molar-refractivity contribution in [2.75, 3.05) is 5.75 Å². The van der Waals surface area contributed by atoms with E-state index in [0.717, 1.165) is 29.9 Å². The van der Waals surface area contributed by atoms with Crippen molar-refractivity contribution in [1.82, 2.24) is 4.98 Å². The van der Waals surface area contributed by atoms with E-state index in [4.69, 9.17) is 0 Å². The predicted octanol–water partition coefficient (Wildman–Crippen LogP) is 4.21. The molecular weight excluding hydrogens is 434 g/mol. The Morgan fingerprint density at radius 2 is 2.06 bits per heavy atom. The van der Waals surface area contributed by atoms with Gasteiger partial charge >= 0.3 is 0 Å². The van der Waals surface area contributed by atoms with Crippen LogP contribution in [0.2, 0.25) is 0 Å². The van der Waals surface area contributed by atoms with Gasteiger partial charge in [0, 0.05) is 29.4 Å². The number of allylic oxidation sites excluding steroid dienone is 4. The zero-order valence-electron chi connectivity index (χ0n) is 19.4. The molecule has 4 aliphatic rings. The molecule has 0 bridgehead atoms. The zero-order chi connectivity index (χ0) is 23.6. The molecule has 5 rings (SSSR count). The normalized spacial score (nSPS) is 41.8. The molecule has 0 aliphatic heterocycles. The van der Waals surface area contributed by atoms with Gasteiger partial charge in [-0.1, -0.05) is 50.2 Å². The SMILES string of the molecule is C[C@@H]1CC2C3CCC4=CC(=O)C=CC4(C)C3C(=O)CC2(C)[C@@]1(O)C(=O)CSc1ccccn1. The smallest absolute Gasteiger partial charge is 0.178 e. The second-order valence-electron chi connectivity index (χ2n) is 10.8. The number of aromatic nitrogens is 1. The number of fused-ring (bicyclic) bond motifs is 5. The van der Waals surface area contributed by atoms with Crippen LogP contribution in [-0.2, 0) is 14.4 Å². The van der Waals surface area contributed by atoms with Crippen molar-refractivity contribution < 1.29 is 19.5 Å². The number of nitrogens with zero attached hydrogens (tertiary/aromatic N) is 1. The minimum absolute atomic E-state index is 0.00566. The van der Waals surface area contributed by atoms with E-state index in [1.165, 1.54) is 11.8 Å². The number of ketones is 3. The Bertz CT molecular complexity index is 1080. The van der Waals surface area contributed by atoms with Gasteiger partial charge in [0.1, 0.15) is 11.4 Å². The molecule has 3 saturated carbocycles. The van der Waals surface area contributed by atoms with Crippen molar-refractivity contribution in [2.24, 2.45) is 34.5 Å². The number of hydrogen-bond acceptors (Lipinski definition) is 6. The first-order valence-electron chi connectivity index (χ1n) is 11.9. The molecular formula is C27H31NO4S. The zero-order valence-corrected chi connectivity index (χ0v) is 20.2. The van der Waals surface area contributed by atoms with Crippen molar-refractivity contribution in [3.05, 3.63) is 48.2 Å². The summed E-state index contributed by atoms with van der Waals surface area (Å²) in [5.74, 6) is -0.184.